The highest BCUT2D eigenvalue weighted by atomic mass is 16.5. The van der Waals surface area contributed by atoms with Crippen molar-refractivity contribution in [2.75, 3.05) is 19.6 Å². The van der Waals surface area contributed by atoms with Gasteiger partial charge in [-0.3, -0.25) is 4.68 Å². The molecule has 0 aliphatic carbocycles. The summed E-state index contributed by atoms with van der Waals surface area (Å²) in [7, 11) is 2.00. The maximum absolute atomic E-state index is 6.09. The third-order valence-corrected chi connectivity index (χ3v) is 6.13. The number of fused-ring (bicyclic) bond motifs is 5. The normalized spacial score (nSPS) is 31.8. The van der Waals surface area contributed by atoms with Gasteiger partial charge in [-0.1, -0.05) is 0 Å². The Morgan fingerprint density at radius 2 is 1.92 bits per heavy atom. The van der Waals surface area contributed by atoms with Gasteiger partial charge in [0.1, 0.15) is 0 Å². The van der Waals surface area contributed by atoms with Gasteiger partial charge in [-0.05, 0) is 33.6 Å². The Kier molecular flexibility index (Phi) is 4.03. The Labute approximate surface area is 144 Å². The van der Waals surface area contributed by atoms with Crippen LogP contribution in [0.1, 0.15) is 36.7 Å². The number of ether oxygens (including phenoxy) is 1. The van der Waals surface area contributed by atoms with Crippen LogP contribution in [0.5, 0.6) is 0 Å². The van der Waals surface area contributed by atoms with Gasteiger partial charge in [0, 0.05) is 49.8 Å². The lowest BCUT2D eigenvalue weighted by atomic mass is 9.82. The molecule has 1 N–H and O–H groups in total. The highest BCUT2D eigenvalue weighted by molar-refractivity contribution is 5.80. The van der Waals surface area contributed by atoms with Crippen LogP contribution < -0.4 is 5.32 Å². The SMILES string of the molecule is CCNC(=NCc1c(C)nn(C)c1C)N1CC2C3CCC(O3)C2C1. The van der Waals surface area contributed by atoms with Gasteiger partial charge in [-0.15, -0.1) is 0 Å². The van der Waals surface area contributed by atoms with Gasteiger partial charge in [0.15, 0.2) is 5.96 Å². The monoisotopic (exact) mass is 331 g/mol. The number of nitrogens with zero attached hydrogens (tertiary/aromatic N) is 4. The van der Waals surface area contributed by atoms with Crippen LogP contribution in [0.2, 0.25) is 0 Å². The number of hydrogen-bond acceptors (Lipinski definition) is 3. The van der Waals surface area contributed by atoms with Gasteiger partial charge in [-0.2, -0.15) is 5.10 Å². The van der Waals surface area contributed by atoms with Crippen molar-refractivity contribution in [3.8, 4) is 0 Å². The van der Waals surface area contributed by atoms with E-state index in [2.05, 4.69) is 36.1 Å². The molecule has 4 heterocycles. The topological polar surface area (TPSA) is 54.7 Å². The molecule has 2 bridgehead atoms. The summed E-state index contributed by atoms with van der Waals surface area (Å²) >= 11 is 0. The summed E-state index contributed by atoms with van der Waals surface area (Å²) in [5.74, 6) is 2.46. The Morgan fingerprint density at radius 1 is 1.25 bits per heavy atom. The summed E-state index contributed by atoms with van der Waals surface area (Å²) in [5, 5.41) is 7.99. The van der Waals surface area contributed by atoms with Gasteiger partial charge in [0.05, 0.1) is 24.4 Å². The molecule has 3 aliphatic heterocycles. The highest BCUT2D eigenvalue weighted by Crippen LogP contribution is 2.47. The predicted octanol–water partition coefficient (Wildman–Crippen LogP) is 1.61. The molecule has 4 unspecified atom stereocenters. The molecule has 1 aromatic heterocycles. The van der Waals surface area contributed by atoms with Crippen LogP contribution in [0.15, 0.2) is 4.99 Å². The fourth-order valence-electron chi connectivity index (χ4n) is 4.76. The molecule has 0 amide bonds. The van der Waals surface area contributed by atoms with Crippen LogP contribution in [0.25, 0.3) is 0 Å². The second-order valence-electron chi connectivity index (χ2n) is 7.47. The molecule has 3 aliphatic rings. The third kappa shape index (κ3) is 2.51. The van der Waals surface area contributed by atoms with Gasteiger partial charge in [-0.25, -0.2) is 4.99 Å². The number of rotatable bonds is 3. The van der Waals surface area contributed by atoms with Gasteiger partial charge in [0.25, 0.3) is 0 Å². The summed E-state index contributed by atoms with van der Waals surface area (Å²) in [6.07, 6.45) is 3.49. The van der Waals surface area contributed by atoms with Crippen molar-refractivity contribution < 1.29 is 4.74 Å². The van der Waals surface area contributed by atoms with Crippen molar-refractivity contribution in [3.05, 3.63) is 17.0 Å². The second-order valence-corrected chi connectivity index (χ2v) is 7.47. The van der Waals surface area contributed by atoms with Crippen molar-refractivity contribution in [1.82, 2.24) is 20.0 Å². The van der Waals surface area contributed by atoms with E-state index in [9.17, 15) is 0 Å². The van der Waals surface area contributed by atoms with E-state index in [1.807, 2.05) is 11.7 Å². The summed E-state index contributed by atoms with van der Waals surface area (Å²) in [5.41, 5.74) is 3.53. The fraction of sp³-hybridized carbons (Fsp3) is 0.778. The van der Waals surface area contributed by atoms with Crippen LogP contribution in [-0.2, 0) is 18.3 Å². The summed E-state index contributed by atoms with van der Waals surface area (Å²) in [6, 6.07) is 0. The largest absolute Gasteiger partial charge is 0.374 e. The molecule has 6 nitrogen and oxygen atoms in total. The third-order valence-electron chi connectivity index (χ3n) is 6.13. The maximum Gasteiger partial charge on any atom is 0.194 e. The Bertz CT molecular complexity index is 634. The van der Waals surface area contributed by atoms with E-state index in [-0.39, 0.29) is 0 Å². The molecular weight excluding hydrogens is 302 g/mol. The maximum atomic E-state index is 6.09. The first-order chi connectivity index (χ1) is 11.6. The molecule has 3 fully saturated rings. The number of aliphatic imine (C=N–C) groups is 1. The summed E-state index contributed by atoms with van der Waals surface area (Å²) in [6.45, 7) is 10.1. The average Bonchev–Trinajstić information content (AvgIpc) is 3.28. The molecular formula is C18H29N5O. The van der Waals surface area contributed by atoms with Crippen LogP contribution >= 0.6 is 0 Å². The molecule has 132 valence electrons. The van der Waals surface area contributed by atoms with E-state index in [1.165, 1.54) is 24.1 Å². The van der Waals surface area contributed by atoms with E-state index in [4.69, 9.17) is 9.73 Å². The first kappa shape index (κ1) is 15.9. The number of hydrogen-bond donors (Lipinski definition) is 1. The lowest BCUT2D eigenvalue weighted by Gasteiger charge is -2.23. The Morgan fingerprint density at radius 3 is 2.46 bits per heavy atom. The van der Waals surface area contributed by atoms with Gasteiger partial charge < -0.3 is 15.0 Å². The average molecular weight is 331 g/mol. The molecule has 0 spiro atoms. The minimum Gasteiger partial charge on any atom is -0.374 e. The molecule has 0 saturated carbocycles. The summed E-state index contributed by atoms with van der Waals surface area (Å²) in [4.78, 5) is 7.39. The lowest BCUT2D eigenvalue weighted by Crippen LogP contribution is -2.41. The molecule has 6 heteroatoms. The van der Waals surface area contributed by atoms with Crippen molar-refractivity contribution in [3.63, 3.8) is 0 Å². The Hall–Kier alpha value is -1.56. The zero-order valence-electron chi connectivity index (χ0n) is 15.2. The molecule has 3 saturated heterocycles. The number of nitrogens with one attached hydrogen (secondary N) is 1. The smallest absolute Gasteiger partial charge is 0.194 e. The second kappa shape index (κ2) is 6.06. The van der Waals surface area contributed by atoms with E-state index in [0.717, 1.165) is 31.3 Å². The Balaban J connectivity index is 1.50. The summed E-state index contributed by atoms with van der Waals surface area (Å²) < 4.78 is 8.04. The molecule has 0 radical (unpaired) electrons. The van der Waals surface area contributed by atoms with Crippen molar-refractivity contribution in [2.24, 2.45) is 23.9 Å². The molecule has 0 aromatic carbocycles. The first-order valence-corrected chi connectivity index (χ1v) is 9.26. The molecule has 24 heavy (non-hydrogen) atoms. The number of guanidine groups is 1. The lowest BCUT2D eigenvalue weighted by molar-refractivity contribution is 0.0767. The number of aryl methyl sites for hydroxylation is 2. The van der Waals surface area contributed by atoms with Crippen LogP contribution in [0, 0.1) is 25.7 Å². The molecule has 4 rings (SSSR count). The van der Waals surface area contributed by atoms with E-state index >= 15 is 0 Å². The standard InChI is InChI=1S/C18H29N5O/c1-5-19-18(20-8-13-11(2)21-22(4)12(13)3)23-9-14-15(10-23)17-7-6-16(14)24-17/h14-17H,5-10H2,1-4H3,(H,19,20). The van der Waals surface area contributed by atoms with Crippen LogP contribution in [0.3, 0.4) is 0 Å². The van der Waals surface area contributed by atoms with E-state index in [1.54, 1.807) is 0 Å². The van der Waals surface area contributed by atoms with Crippen molar-refractivity contribution >= 4 is 5.96 Å². The van der Waals surface area contributed by atoms with Crippen LogP contribution in [0.4, 0.5) is 0 Å². The number of aromatic nitrogens is 2. The van der Waals surface area contributed by atoms with Crippen molar-refractivity contribution in [1.29, 1.82) is 0 Å². The number of likely N-dealkylation sites (tertiary alicyclic amines) is 1. The molecule has 4 atom stereocenters. The van der Waals surface area contributed by atoms with Crippen molar-refractivity contribution in [2.45, 2.75) is 52.4 Å². The minimum atomic E-state index is 0.496. The van der Waals surface area contributed by atoms with E-state index in [0.29, 0.717) is 30.6 Å². The highest BCUT2D eigenvalue weighted by Gasteiger charge is 2.53. The van der Waals surface area contributed by atoms with Gasteiger partial charge >= 0.3 is 0 Å². The van der Waals surface area contributed by atoms with Crippen LogP contribution in [-0.4, -0.2) is 52.5 Å². The fourth-order valence-corrected chi connectivity index (χ4v) is 4.76. The predicted molar refractivity (Wildman–Crippen MR) is 93.9 cm³/mol. The molecule has 1 aromatic rings. The first-order valence-electron chi connectivity index (χ1n) is 9.26. The van der Waals surface area contributed by atoms with E-state index < -0.39 is 0 Å². The zero-order chi connectivity index (χ0) is 16.8. The zero-order valence-corrected chi connectivity index (χ0v) is 15.2. The minimum absolute atomic E-state index is 0.496. The van der Waals surface area contributed by atoms with Gasteiger partial charge in [0.2, 0.25) is 0 Å². The quantitative estimate of drug-likeness (QED) is 0.675.